The quantitative estimate of drug-likeness (QED) is 0.697. The lowest BCUT2D eigenvalue weighted by atomic mass is 10.2. The summed E-state index contributed by atoms with van der Waals surface area (Å²) < 4.78 is 0. The molecule has 0 atom stereocenters. The Morgan fingerprint density at radius 3 is 2.50 bits per heavy atom. The molecule has 0 amide bonds. The van der Waals surface area contributed by atoms with E-state index in [1.807, 2.05) is 24.6 Å². The molecule has 0 saturated carbocycles. The second-order valence-corrected chi connectivity index (χ2v) is 4.05. The second kappa shape index (κ2) is 4.80. The summed E-state index contributed by atoms with van der Waals surface area (Å²) in [5.41, 5.74) is 0.903. The van der Waals surface area contributed by atoms with Crippen LogP contribution in [0.1, 0.15) is 5.56 Å². The van der Waals surface area contributed by atoms with Gasteiger partial charge in [0.2, 0.25) is 0 Å². The third-order valence-corrected chi connectivity index (χ3v) is 3.19. The molecule has 0 aliphatic carbocycles. The van der Waals surface area contributed by atoms with E-state index in [4.69, 9.17) is 0 Å². The third-order valence-electron chi connectivity index (χ3n) is 1.65. The fraction of sp³-hybridized carbons (Fsp3) is 0.333. The summed E-state index contributed by atoms with van der Waals surface area (Å²) in [7, 11) is 0. The second-order valence-electron chi connectivity index (χ2n) is 2.32. The molecule has 1 aromatic carbocycles. The maximum atomic E-state index is 10.7. The van der Waals surface area contributed by atoms with Gasteiger partial charge in [0.25, 0.3) is 0 Å². The molecule has 65 valence electrons. The van der Waals surface area contributed by atoms with E-state index in [-0.39, 0.29) is 6.61 Å². The summed E-state index contributed by atoms with van der Waals surface area (Å²) in [5.74, 6) is 0. The molecule has 0 spiro atoms. The van der Waals surface area contributed by atoms with Crippen molar-refractivity contribution in [3.8, 4) is 0 Å². The number of hydrogen-bond acceptors (Lipinski definition) is 2. The van der Waals surface area contributed by atoms with Crippen LogP contribution in [-0.2, 0) is 11.7 Å². The van der Waals surface area contributed by atoms with Crippen LogP contribution in [0.4, 0.5) is 0 Å². The van der Waals surface area contributed by atoms with Gasteiger partial charge in [-0.25, -0.2) is 5.11 Å². The highest BCUT2D eigenvalue weighted by Crippen LogP contribution is 2.26. The van der Waals surface area contributed by atoms with Crippen molar-refractivity contribution >= 4 is 23.5 Å². The first-order valence-electron chi connectivity index (χ1n) is 3.61. The predicted octanol–water partition coefficient (Wildman–Crippen LogP) is 3.06. The van der Waals surface area contributed by atoms with Gasteiger partial charge >= 0.3 is 0 Å². The normalized spacial score (nSPS) is 10.2. The van der Waals surface area contributed by atoms with Crippen molar-refractivity contribution in [1.29, 1.82) is 0 Å². The molecule has 3 heteroatoms. The molecule has 0 aliphatic rings. The summed E-state index contributed by atoms with van der Waals surface area (Å²) in [5, 5.41) is 10.7. The molecule has 0 heterocycles. The average Bonchev–Trinajstić information content (AvgIpc) is 2.16. The van der Waals surface area contributed by atoms with E-state index in [1.165, 1.54) is 4.90 Å². The first kappa shape index (κ1) is 9.96. The first-order chi connectivity index (χ1) is 5.81. The van der Waals surface area contributed by atoms with Crippen LogP contribution in [0.2, 0.25) is 0 Å². The molecule has 0 aliphatic heterocycles. The Kier molecular flexibility index (Phi) is 3.98. The van der Waals surface area contributed by atoms with Crippen molar-refractivity contribution in [1.82, 2.24) is 0 Å². The fourth-order valence-electron chi connectivity index (χ4n) is 0.971. The Balaban J connectivity index is 3.02. The van der Waals surface area contributed by atoms with E-state index in [2.05, 4.69) is 6.07 Å². The van der Waals surface area contributed by atoms with Crippen molar-refractivity contribution in [2.75, 3.05) is 12.5 Å². The molecule has 0 aromatic heterocycles. The van der Waals surface area contributed by atoms with Gasteiger partial charge in [-0.15, -0.1) is 23.5 Å². The lowest BCUT2D eigenvalue weighted by molar-refractivity contribution is 0.175. The summed E-state index contributed by atoms with van der Waals surface area (Å²) >= 11 is 3.34. The SMILES string of the molecule is CSc1ccc(C[O])c(SC)c1. The molecular formula is C9H11OS2. The van der Waals surface area contributed by atoms with Crippen LogP contribution in [0.5, 0.6) is 0 Å². The van der Waals surface area contributed by atoms with Gasteiger partial charge in [-0.3, -0.25) is 0 Å². The van der Waals surface area contributed by atoms with E-state index in [9.17, 15) is 5.11 Å². The number of rotatable bonds is 3. The molecule has 1 radical (unpaired) electrons. The molecule has 0 unspecified atom stereocenters. The summed E-state index contributed by atoms with van der Waals surface area (Å²) in [6.45, 7) is -0.120. The molecule has 0 bridgehead atoms. The Morgan fingerprint density at radius 1 is 1.25 bits per heavy atom. The van der Waals surface area contributed by atoms with E-state index < -0.39 is 0 Å². The Bertz CT molecular complexity index is 261. The highest BCUT2D eigenvalue weighted by Gasteiger charge is 2.01. The summed E-state index contributed by atoms with van der Waals surface area (Å²) in [4.78, 5) is 2.33. The van der Waals surface area contributed by atoms with Gasteiger partial charge in [-0.05, 0) is 30.2 Å². The maximum Gasteiger partial charge on any atom is 0.108 e. The molecule has 12 heavy (non-hydrogen) atoms. The van der Waals surface area contributed by atoms with Crippen LogP contribution < -0.4 is 0 Å². The maximum absolute atomic E-state index is 10.7. The summed E-state index contributed by atoms with van der Waals surface area (Å²) in [6, 6.07) is 5.99. The largest absolute Gasteiger partial charge is 0.232 e. The topological polar surface area (TPSA) is 19.9 Å². The zero-order valence-electron chi connectivity index (χ0n) is 7.16. The monoisotopic (exact) mass is 199 g/mol. The Hall–Kier alpha value is -0.120. The average molecular weight is 199 g/mol. The van der Waals surface area contributed by atoms with Crippen LogP contribution in [0.3, 0.4) is 0 Å². The molecule has 1 rings (SSSR count). The smallest absolute Gasteiger partial charge is 0.108 e. The van der Waals surface area contributed by atoms with Gasteiger partial charge in [-0.2, -0.15) is 0 Å². The van der Waals surface area contributed by atoms with Crippen LogP contribution in [0.15, 0.2) is 28.0 Å². The molecule has 0 N–H and O–H groups in total. The van der Waals surface area contributed by atoms with Crippen LogP contribution >= 0.6 is 23.5 Å². The third kappa shape index (κ3) is 2.19. The van der Waals surface area contributed by atoms with Crippen molar-refractivity contribution < 1.29 is 5.11 Å². The van der Waals surface area contributed by atoms with Crippen molar-refractivity contribution in [3.63, 3.8) is 0 Å². The van der Waals surface area contributed by atoms with E-state index in [0.717, 1.165) is 10.5 Å². The van der Waals surface area contributed by atoms with Crippen LogP contribution in [0, 0.1) is 0 Å². The van der Waals surface area contributed by atoms with E-state index >= 15 is 0 Å². The van der Waals surface area contributed by atoms with Crippen molar-refractivity contribution in [2.45, 2.75) is 16.4 Å². The standard InChI is InChI=1S/C9H11OS2/c1-11-8-4-3-7(6-10)9(5-8)12-2/h3-5H,6H2,1-2H3. The molecule has 0 fully saturated rings. The molecule has 1 nitrogen and oxygen atoms in total. The van der Waals surface area contributed by atoms with Gasteiger partial charge in [0.15, 0.2) is 0 Å². The van der Waals surface area contributed by atoms with E-state index in [0.29, 0.717) is 0 Å². The number of benzene rings is 1. The van der Waals surface area contributed by atoms with Crippen LogP contribution in [-0.4, -0.2) is 12.5 Å². The minimum atomic E-state index is -0.120. The lowest BCUT2D eigenvalue weighted by Crippen LogP contribution is -1.85. The predicted molar refractivity (Wildman–Crippen MR) is 54.4 cm³/mol. The van der Waals surface area contributed by atoms with Crippen LogP contribution in [0.25, 0.3) is 0 Å². The molecule has 0 saturated heterocycles. The minimum Gasteiger partial charge on any atom is -0.232 e. The molecule has 1 aromatic rings. The van der Waals surface area contributed by atoms with Gasteiger partial charge in [0.1, 0.15) is 6.61 Å². The zero-order valence-corrected chi connectivity index (χ0v) is 8.80. The Labute approximate surface area is 81.6 Å². The highest BCUT2D eigenvalue weighted by molar-refractivity contribution is 7.99. The van der Waals surface area contributed by atoms with Gasteiger partial charge in [-0.1, -0.05) is 6.07 Å². The first-order valence-corrected chi connectivity index (χ1v) is 6.05. The van der Waals surface area contributed by atoms with Gasteiger partial charge < -0.3 is 0 Å². The van der Waals surface area contributed by atoms with Gasteiger partial charge in [0.05, 0.1) is 0 Å². The Morgan fingerprint density at radius 2 is 2.00 bits per heavy atom. The fourth-order valence-corrected chi connectivity index (χ4v) is 2.12. The number of thioether (sulfide) groups is 2. The molecular weight excluding hydrogens is 188 g/mol. The number of hydrogen-bond donors (Lipinski definition) is 0. The highest BCUT2D eigenvalue weighted by atomic mass is 32.2. The van der Waals surface area contributed by atoms with Gasteiger partial charge in [0, 0.05) is 9.79 Å². The zero-order chi connectivity index (χ0) is 8.97. The van der Waals surface area contributed by atoms with Crippen molar-refractivity contribution in [3.05, 3.63) is 23.8 Å². The van der Waals surface area contributed by atoms with Crippen molar-refractivity contribution in [2.24, 2.45) is 0 Å². The van der Waals surface area contributed by atoms with E-state index in [1.54, 1.807) is 23.5 Å². The summed E-state index contributed by atoms with van der Waals surface area (Å²) in [6.07, 6.45) is 4.04. The lowest BCUT2D eigenvalue weighted by Gasteiger charge is -2.04. The minimum absolute atomic E-state index is 0.120.